The first-order valence-electron chi connectivity index (χ1n) is 7.87. The number of benzene rings is 1. The molecule has 2 aliphatic carbocycles. The molecule has 2 bridgehead atoms. The van der Waals surface area contributed by atoms with E-state index in [9.17, 15) is 9.90 Å². The van der Waals surface area contributed by atoms with Crippen molar-refractivity contribution >= 4 is 5.97 Å². The number of ether oxygens (including phenoxy) is 2. The van der Waals surface area contributed by atoms with Crippen LogP contribution in [0, 0.1) is 16.7 Å². The number of rotatable bonds is 3. The Hall–Kier alpha value is -1.71. The van der Waals surface area contributed by atoms with Gasteiger partial charge in [0.05, 0.1) is 12.7 Å². The van der Waals surface area contributed by atoms with Gasteiger partial charge in [-0.2, -0.15) is 0 Å². The fourth-order valence-electron chi connectivity index (χ4n) is 4.32. The van der Waals surface area contributed by atoms with Gasteiger partial charge >= 0.3 is 5.97 Å². The van der Waals surface area contributed by atoms with E-state index in [1.54, 1.807) is 12.1 Å². The van der Waals surface area contributed by atoms with Crippen LogP contribution < -0.4 is 4.74 Å². The number of carbonyl (C=O) groups excluding carboxylic acids is 1. The number of phenolic OH excluding ortho intramolecular Hbond substituents is 1. The number of methoxy groups -OCH3 is 1. The molecule has 2 aliphatic rings. The average Bonchev–Trinajstić information content (AvgIpc) is 2.80. The third kappa shape index (κ3) is 2.00. The van der Waals surface area contributed by atoms with Crippen molar-refractivity contribution in [1.82, 2.24) is 0 Å². The molecule has 1 aromatic rings. The molecule has 0 aromatic heterocycles. The van der Waals surface area contributed by atoms with Crippen molar-refractivity contribution in [3.63, 3.8) is 0 Å². The van der Waals surface area contributed by atoms with E-state index in [0.717, 1.165) is 12.8 Å². The van der Waals surface area contributed by atoms with Gasteiger partial charge < -0.3 is 14.6 Å². The summed E-state index contributed by atoms with van der Waals surface area (Å²) in [6.07, 6.45) is 3.23. The highest BCUT2D eigenvalue weighted by Gasteiger charge is 2.62. The van der Waals surface area contributed by atoms with Gasteiger partial charge in [-0.25, -0.2) is 4.79 Å². The second-order valence-electron chi connectivity index (χ2n) is 7.39. The van der Waals surface area contributed by atoms with E-state index < -0.39 is 0 Å². The molecule has 0 spiro atoms. The molecule has 0 amide bonds. The van der Waals surface area contributed by atoms with E-state index in [0.29, 0.717) is 17.2 Å². The molecule has 0 aliphatic heterocycles. The van der Waals surface area contributed by atoms with Crippen LogP contribution >= 0.6 is 0 Å². The van der Waals surface area contributed by atoms with Gasteiger partial charge in [-0.15, -0.1) is 0 Å². The zero-order valence-electron chi connectivity index (χ0n) is 13.7. The molecule has 3 rings (SSSR count). The zero-order valence-corrected chi connectivity index (χ0v) is 13.7. The Balaban J connectivity index is 1.77. The lowest BCUT2D eigenvalue weighted by molar-refractivity contribution is -0.0242. The molecule has 0 saturated heterocycles. The minimum absolute atomic E-state index is 0.0435. The molecular formula is C18H24O4. The predicted octanol–water partition coefficient (Wildman–Crippen LogP) is 3.77. The SMILES string of the molecule is COc1ccc(C(=O)OC2CC3CC[C@]2(C)C3(C)C)cc1O. The Morgan fingerprint density at radius 2 is 2.05 bits per heavy atom. The lowest BCUT2D eigenvalue weighted by Gasteiger charge is -2.38. The van der Waals surface area contributed by atoms with Gasteiger partial charge in [0.25, 0.3) is 0 Å². The molecule has 4 nitrogen and oxygen atoms in total. The fraction of sp³-hybridized carbons (Fsp3) is 0.611. The van der Waals surface area contributed by atoms with Gasteiger partial charge in [0.15, 0.2) is 11.5 Å². The first kappa shape index (κ1) is 15.2. The Bertz CT molecular complexity index is 607. The Labute approximate surface area is 131 Å². The standard InChI is InChI=1S/C18H24O4/c1-17(2)12-7-8-18(17,3)15(10-12)22-16(20)11-5-6-14(21-4)13(19)9-11/h5-6,9,12,15,19H,7-8,10H2,1-4H3/t12?,15?,18-/m0/s1. The van der Waals surface area contributed by atoms with Gasteiger partial charge in [-0.3, -0.25) is 0 Å². The molecule has 3 atom stereocenters. The molecule has 1 N–H and O–H groups in total. The highest BCUT2D eigenvalue weighted by atomic mass is 16.5. The van der Waals surface area contributed by atoms with Crippen molar-refractivity contribution in [2.45, 2.75) is 46.1 Å². The number of carbonyl (C=O) groups is 1. The lowest BCUT2D eigenvalue weighted by Crippen LogP contribution is -2.38. The Kier molecular flexibility index (Phi) is 3.38. The van der Waals surface area contributed by atoms with E-state index in [2.05, 4.69) is 20.8 Å². The summed E-state index contributed by atoms with van der Waals surface area (Å²) in [5.74, 6) is 0.563. The number of fused-ring (bicyclic) bond motifs is 2. The average molecular weight is 304 g/mol. The van der Waals surface area contributed by atoms with Crippen LogP contribution in [0.4, 0.5) is 0 Å². The van der Waals surface area contributed by atoms with E-state index in [1.807, 2.05) is 0 Å². The van der Waals surface area contributed by atoms with Crippen molar-refractivity contribution in [3.05, 3.63) is 23.8 Å². The smallest absolute Gasteiger partial charge is 0.338 e. The summed E-state index contributed by atoms with van der Waals surface area (Å²) >= 11 is 0. The van der Waals surface area contributed by atoms with Crippen LogP contribution in [0.2, 0.25) is 0 Å². The molecule has 22 heavy (non-hydrogen) atoms. The highest BCUT2D eigenvalue weighted by Crippen LogP contribution is 2.66. The number of hydrogen-bond acceptors (Lipinski definition) is 4. The first-order chi connectivity index (χ1) is 10.3. The zero-order chi connectivity index (χ0) is 16.1. The summed E-state index contributed by atoms with van der Waals surface area (Å²) in [4.78, 5) is 12.4. The largest absolute Gasteiger partial charge is 0.504 e. The molecule has 2 unspecified atom stereocenters. The summed E-state index contributed by atoms with van der Waals surface area (Å²) in [7, 11) is 1.48. The van der Waals surface area contributed by atoms with E-state index in [-0.39, 0.29) is 28.7 Å². The summed E-state index contributed by atoms with van der Waals surface area (Å²) in [6, 6.07) is 4.61. The third-order valence-corrected chi connectivity index (χ3v) is 6.38. The predicted molar refractivity (Wildman–Crippen MR) is 83.1 cm³/mol. The maximum absolute atomic E-state index is 12.4. The minimum atomic E-state index is -0.368. The molecule has 0 radical (unpaired) electrons. The Morgan fingerprint density at radius 3 is 2.55 bits per heavy atom. The topological polar surface area (TPSA) is 55.8 Å². The van der Waals surface area contributed by atoms with Crippen LogP contribution in [0.3, 0.4) is 0 Å². The number of phenols is 1. The molecule has 2 saturated carbocycles. The molecule has 4 heteroatoms. The quantitative estimate of drug-likeness (QED) is 0.864. The number of hydrogen-bond donors (Lipinski definition) is 1. The summed E-state index contributed by atoms with van der Waals surface area (Å²) in [6.45, 7) is 6.82. The van der Waals surface area contributed by atoms with E-state index in [4.69, 9.17) is 9.47 Å². The number of aromatic hydroxyl groups is 1. The van der Waals surface area contributed by atoms with E-state index in [1.165, 1.54) is 19.6 Å². The van der Waals surface area contributed by atoms with Crippen molar-refractivity contribution in [3.8, 4) is 11.5 Å². The second kappa shape index (κ2) is 4.90. The van der Waals surface area contributed by atoms with Crippen LogP contribution in [-0.2, 0) is 4.74 Å². The summed E-state index contributed by atoms with van der Waals surface area (Å²) < 4.78 is 10.8. The minimum Gasteiger partial charge on any atom is -0.504 e. The third-order valence-electron chi connectivity index (χ3n) is 6.38. The van der Waals surface area contributed by atoms with Gasteiger partial charge in [0.1, 0.15) is 6.10 Å². The molecule has 2 fully saturated rings. The molecule has 0 heterocycles. The molecule has 1 aromatic carbocycles. The molecular weight excluding hydrogens is 280 g/mol. The first-order valence-corrected chi connectivity index (χ1v) is 7.87. The van der Waals surface area contributed by atoms with Gasteiger partial charge in [0, 0.05) is 5.41 Å². The Morgan fingerprint density at radius 1 is 1.32 bits per heavy atom. The van der Waals surface area contributed by atoms with Crippen LogP contribution in [0.5, 0.6) is 11.5 Å². The van der Waals surface area contributed by atoms with Gasteiger partial charge in [-0.1, -0.05) is 20.8 Å². The second-order valence-corrected chi connectivity index (χ2v) is 7.39. The van der Waals surface area contributed by atoms with Gasteiger partial charge in [0.2, 0.25) is 0 Å². The normalized spacial score (nSPS) is 32.0. The maximum atomic E-state index is 12.4. The van der Waals surface area contributed by atoms with Crippen molar-refractivity contribution in [1.29, 1.82) is 0 Å². The lowest BCUT2D eigenvalue weighted by atomic mass is 9.70. The van der Waals surface area contributed by atoms with Crippen molar-refractivity contribution < 1.29 is 19.4 Å². The highest BCUT2D eigenvalue weighted by molar-refractivity contribution is 5.90. The summed E-state index contributed by atoms with van der Waals surface area (Å²) in [5, 5.41) is 9.81. The summed E-state index contributed by atoms with van der Waals surface area (Å²) in [5.41, 5.74) is 0.615. The molecule has 120 valence electrons. The van der Waals surface area contributed by atoms with Crippen LogP contribution in [-0.4, -0.2) is 24.3 Å². The van der Waals surface area contributed by atoms with Crippen LogP contribution in [0.15, 0.2) is 18.2 Å². The number of esters is 1. The fourth-order valence-corrected chi connectivity index (χ4v) is 4.32. The monoisotopic (exact) mass is 304 g/mol. The van der Waals surface area contributed by atoms with E-state index >= 15 is 0 Å². The van der Waals surface area contributed by atoms with Crippen molar-refractivity contribution in [2.24, 2.45) is 16.7 Å². The maximum Gasteiger partial charge on any atom is 0.338 e. The van der Waals surface area contributed by atoms with Gasteiger partial charge in [-0.05, 0) is 48.8 Å². The van der Waals surface area contributed by atoms with Crippen molar-refractivity contribution in [2.75, 3.05) is 7.11 Å². The van der Waals surface area contributed by atoms with Crippen LogP contribution in [0.25, 0.3) is 0 Å². The van der Waals surface area contributed by atoms with Crippen LogP contribution in [0.1, 0.15) is 50.4 Å².